The Labute approximate surface area is 140 Å². The molecule has 0 aliphatic carbocycles. The molecule has 0 heterocycles. The van der Waals surface area contributed by atoms with Crippen LogP contribution in [0.2, 0.25) is 0 Å². The van der Waals surface area contributed by atoms with E-state index >= 15 is 0 Å². The average Bonchev–Trinajstić information content (AvgIpc) is 2.50. The van der Waals surface area contributed by atoms with Gasteiger partial charge < -0.3 is 9.47 Å². The molecule has 0 radical (unpaired) electrons. The molecule has 9 heteroatoms. The SMILES string of the molecule is COC(CC(F)(F)C(F)(F)C(F)(F)F)c1ccc(OCC(C)C)cc1. The highest BCUT2D eigenvalue weighted by atomic mass is 19.4. The molecule has 1 atom stereocenters. The van der Waals surface area contributed by atoms with Crippen LogP contribution >= 0.6 is 0 Å². The molecule has 0 fully saturated rings. The summed E-state index contributed by atoms with van der Waals surface area (Å²) in [5.74, 6) is -10.8. The predicted octanol–water partition coefficient (Wildman–Crippen LogP) is 5.63. The van der Waals surface area contributed by atoms with Crippen LogP contribution in [0.4, 0.5) is 30.7 Å². The van der Waals surface area contributed by atoms with E-state index in [2.05, 4.69) is 0 Å². The van der Waals surface area contributed by atoms with Crippen molar-refractivity contribution in [2.45, 2.75) is 44.4 Å². The van der Waals surface area contributed by atoms with E-state index in [1.807, 2.05) is 13.8 Å². The van der Waals surface area contributed by atoms with Crippen LogP contribution in [0, 0.1) is 5.92 Å². The molecule has 0 aliphatic rings. The first-order chi connectivity index (χ1) is 11.3. The van der Waals surface area contributed by atoms with Crippen molar-refractivity contribution in [1.82, 2.24) is 0 Å². The van der Waals surface area contributed by atoms with Crippen LogP contribution in [0.3, 0.4) is 0 Å². The lowest BCUT2D eigenvalue weighted by Crippen LogP contribution is -2.52. The summed E-state index contributed by atoms with van der Waals surface area (Å²) in [6.45, 7) is 4.24. The maximum atomic E-state index is 13.5. The molecule has 2 nitrogen and oxygen atoms in total. The summed E-state index contributed by atoms with van der Waals surface area (Å²) in [5, 5.41) is 0. The summed E-state index contributed by atoms with van der Waals surface area (Å²) in [7, 11) is 0.954. The third-order valence-electron chi connectivity index (χ3n) is 3.38. The fraction of sp³-hybridized carbons (Fsp3) is 0.625. The minimum absolute atomic E-state index is 0.0389. The first-order valence-electron chi connectivity index (χ1n) is 7.39. The van der Waals surface area contributed by atoms with Crippen molar-refractivity contribution in [2.24, 2.45) is 5.92 Å². The van der Waals surface area contributed by atoms with Gasteiger partial charge in [0.05, 0.1) is 12.7 Å². The zero-order valence-electron chi connectivity index (χ0n) is 13.8. The third kappa shape index (κ3) is 5.23. The van der Waals surface area contributed by atoms with Crippen LogP contribution in [0.25, 0.3) is 0 Å². The van der Waals surface area contributed by atoms with Gasteiger partial charge in [0, 0.05) is 13.5 Å². The first-order valence-corrected chi connectivity index (χ1v) is 7.39. The van der Waals surface area contributed by atoms with Gasteiger partial charge in [0.1, 0.15) is 5.75 Å². The van der Waals surface area contributed by atoms with Crippen molar-refractivity contribution < 1.29 is 40.2 Å². The fourth-order valence-corrected chi connectivity index (χ4v) is 1.95. The quantitative estimate of drug-likeness (QED) is 0.548. The summed E-state index contributed by atoms with van der Waals surface area (Å²) < 4.78 is 99.8. The number of methoxy groups -OCH3 is 1. The van der Waals surface area contributed by atoms with Crippen molar-refractivity contribution in [3.05, 3.63) is 29.8 Å². The van der Waals surface area contributed by atoms with Crippen LogP contribution in [-0.4, -0.2) is 31.7 Å². The van der Waals surface area contributed by atoms with E-state index < -0.39 is 30.5 Å². The number of rotatable bonds is 8. The topological polar surface area (TPSA) is 18.5 Å². The van der Waals surface area contributed by atoms with Gasteiger partial charge in [-0.2, -0.15) is 30.7 Å². The summed E-state index contributed by atoms with van der Waals surface area (Å²) >= 11 is 0. The third-order valence-corrected chi connectivity index (χ3v) is 3.38. The van der Waals surface area contributed by atoms with Gasteiger partial charge in [-0.25, -0.2) is 0 Å². The van der Waals surface area contributed by atoms with Gasteiger partial charge in [0.25, 0.3) is 0 Å². The molecule has 0 amide bonds. The summed E-state index contributed by atoms with van der Waals surface area (Å²) in [6, 6.07) is 5.38. The second-order valence-electron chi connectivity index (χ2n) is 5.98. The Morgan fingerprint density at radius 2 is 1.44 bits per heavy atom. The van der Waals surface area contributed by atoms with E-state index in [1.165, 1.54) is 24.3 Å². The number of hydrogen-bond donors (Lipinski definition) is 0. The molecule has 1 aromatic rings. The van der Waals surface area contributed by atoms with E-state index in [-0.39, 0.29) is 11.5 Å². The van der Waals surface area contributed by atoms with Crippen LogP contribution < -0.4 is 4.74 Å². The molecular weight excluding hydrogens is 357 g/mol. The van der Waals surface area contributed by atoms with Gasteiger partial charge >= 0.3 is 18.0 Å². The maximum absolute atomic E-state index is 13.5. The van der Waals surface area contributed by atoms with E-state index in [0.29, 0.717) is 12.4 Å². The molecule has 0 N–H and O–H groups in total. The van der Waals surface area contributed by atoms with Gasteiger partial charge in [0.15, 0.2) is 0 Å². The van der Waals surface area contributed by atoms with Crippen LogP contribution in [0.5, 0.6) is 5.75 Å². The predicted molar refractivity (Wildman–Crippen MR) is 77.1 cm³/mol. The highest BCUT2D eigenvalue weighted by molar-refractivity contribution is 5.29. The standard InChI is InChI=1S/C16H19F7O2/c1-10(2)9-25-12-6-4-11(5-7-12)13(24-3)8-14(17,18)15(19,20)16(21,22)23/h4-7,10,13H,8-9H2,1-3H3. The molecular formula is C16H19F7O2. The van der Waals surface area contributed by atoms with Crippen molar-refractivity contribution in [3.8, 4) is 5.75 Å². The molecule has 1 unspecified atom stereocenters. The second-order valence-corrected chi connectivity index (χ2v) is 5.98. The van der Waals surface area contributed by atoms with Crippen molar-refractivity contribution in [2.75, 3.05) is 13.7 Å². The highest BCUT2D eigenvalue weighted by Crippen LogP contribution is 2.50. The Morgan fingerprint density at radius 3 is 1.84 bits per heavy atom. The number of halogens is 7. The van der Waals surface area contributed by atoms with Crippen molar-refractivity contribution in [3.63, 3.8) is 0 Å². The summed E-state index contributed by atoms with van der Waals surface area (Å²) in [5.41, 5.74) is 0.0389. The van der Waals surface area contributed by atoms with Gasteiger partial charge in [-0.3, -0.25) is 0 Å². The molecule has 0 saturated carbocycles. The lowest BCUT2D eigenvalue weighted by atomic mass is 9.98. The Morgan fingerprint density at radius 1 is 0.920 bits per heavy atom. The van der Waals surface area contributed by atoms with Crippen molar-refractivity contribution >= 4 is 0 Å². The molecule has 1 aromatic carbocycles. The van der Waals surface area contributed by atoms with Gasteiger partial charge in [-0.15, -0.1) is 0 Å². The zero-order valence-corrected chi connectivity index (χ0v) is 13.8. The number of benzene rings is 1. The number of hydrogen-bond acceptors (Lipinski definition) is 2. The molecule has 0 aromatic heterocycles. The normalized spacial score (nSPS) is 14.7. The first kappa shape index (κ1) is 21.5. The lowest BCUT2D eigenvalue weighted by Gasteiger charge is -2.30. The Bertz CT molecular complexity index is 538. The molecule has 1 rings (SSSR count). The fourth-order valence-electron chi connectivity index (χ4n) is 1.95. The van der Waals surface area contributed by atoms with Crippen molar-refractivity contribution in [1.29, 1.82) is 0 Å². The van der Waals surface area contributed by atoms with E-state index in [1.54, 1.807) is 0 Å². The minimum atomic E-state index is -6.36. The monoisotopic (exact) mass is 376 g/mol. The molecule has 0 bridgehead atoms. The van der Waals surface area contributed by atoms with E-state index in [0.717, 1.165) is 7.11 Å². The maximum Gasteiger partial charge on any atom is 0.459 e. The van der Waals surface area contributed by atoms with E-state index in [4.69, 9.17) is 9.47 Å². The summed E-state index contributed by atoms with van der Waals surface area (Å²) in [6.07, 6.45) is -9.81. The van der Waals surface area contributed by atoms with Gasteiger partial charge in [-0.05, 0) is 23.6 Å². The van der Waals surface area contributed by atoms with Crippen LogP contribution in [-0.2, 0) is 4.74 Å². The Kier molecular flexibility index (Phi) is 6.72. The number of alkyl halides is 7. The molecule has 0 spiro atoms. The molecule has 0 saturated heterocycles. The smallest absolute Gasteiger partial charge is 0.459 e. The average molecular weight is 376 g/mol. The Hall–Kier alpha value is -1.51. The Balaban J connectivity index is 2.92. The molecule has 0 aliphatic heterocycles. The molecule has 144 valence electrons. The van der Waals surface area contributed by atoms with Gasteiger partial charge in [-0.1, -0.05) is 26.0 Å². The zero-order chi connectivity index (χ0) is 19.5. The van der Waals surface area contributed by atoms with Crippen LogP contribution in [0.15, 0.2) is 24.3 Å². The van der Waals surface area contributed by atoms with E-state index in [9.17, 15) is 30.7 Å². The van der Waals surface area contributed by atoms with Crippen LogP contribution in [0.1, 0.15) is 31.9 Å². The van der Waals surface area contributed by atoms with Gasteiger partial charge in [0.2, 0.25) is 0 Å². The second kappa shape index (κ2) is 7.80. The number of ether oxygens (including phenoxy) is 2. The largest absolute Gasteiger partial charge is 0.493 e. The summed E-state index contributed by atoms with van der Waals surface area (Å²) in [4.78, 5) is 0. The highest BCUT2D eigenvalue weighted by Gasteiger charge is 2.73. The lowest BCUT2D eigenvalue weighted by molar-refractivity contribution is -0.358. The molecule has 25 heavy (non-hydrogen) atoms. The minimum Gasteiger partial charge on any atom is -0.493 e.